The van der Waals surface area contributed by atoms with E-state index in [1.165, 1.54) is 5.57 Å². The van der Waals surface area contributed by atoms with Crippen molar-refractivity contribution in [3.05, 3.63) is 69.5 Å². The summed E-state index contributed by atoms with van der Waals surface area (Å²) in [6.45, 7) is 2.08. The van der Waals surface area contributed by atoms with Crippen LogP contribution in [0.25, 0.3) is 5.57 Å². The summed E-state index contributed by atoms with van der Waals surface area (Å²) in [5.74, 6) is 0.116. The average Bonchev–Trinajstić information content (AvgIpc) is 2.70. The monoisotopic (exact) mass is 338 g/mol. The van der Waals surface area contributed by atoms with Crippen molar-refractivity contribution in [1.29, 1.82) is 0 Å². The van der Waals surface area contributed by atoms with Crippen molar-refractivity contribution in [3.63, 3.8) is 0 Å². The Balaban J connectivity index is 1.99. The molecule has 24 heavy (non-hydrogen) atoms. The number of aromatic nitrogens is 1. The fraction of sp³-hybridized carbons (Fsp3) is 0.300. The molecule has 1 saturated heterocycles. The molecule has 0 amide bonds. The van der Waals surface area contributed by atoms with E-state index in [9.17, 15) is 4.79 Å². The molecular weight excluding hydrogens is 320 g/mol. The van der Waals surface area contributed by atoms with Crippen molar-refractivity contribution in [1.82, 2.24) is 9.88 Å². The SMILES string of the molecule is CN1CCC(=C2c3ccc(Cl)cc3C(=O)Cc3cccnc32)CC1. The molecule has 0 bridgehead atoms. The van der Waals surface area contributed by atoms with Crippen molar-refractivity contribution >= 4 is 23.0 Å². The minimum absolute atomic E-state index is 0.116. The van der Waals surface area contributed by atoms with Gasteiger partial charge in [0.1, 0.15) is 0 Å². The topological polar surface area (TPSA) is 33.2 Å². The number of benzene rings is 1. The van der Waals surface area contributed by atoms with Gasteiger partial charge in [-0.25, -0.2) is 0 Å². The Labute approximate surface area is 147 Å². The molecule has 2 heterocycles. The van der Waals surface area contributed by atoms with Gasteiger partial charge in [-0.15, -0.1) is 0 Å². The average molecular weight is 339 g/mol. The number of Topliss-reactive ketones (excluding diaryl/α,β-unsaturated/α-hetero) is 1. The van der Waals surface area contributed by atoms with E-state index in [0.717, 1.165) is 53.9 Å². The van der Waals surface area contributed by atoms with E-state index >= 15 is 0 Å². The van der Waals surface area contributed by atoms with Crippen LogP contribution in [0.4, 0.5) is 0 Å². The second-order valence-electron chi connectivity index (χ2n) is 6.58. The molecule has 1 aliphatic heterocycles. The van der Waals surface area contributed by atoms with Gasteiger partial charge in [-0.05, 0) is 49.2 Å². The molecular formula is C20H19ClN2O. The molecule has 1 aromatic carbocycles. The molecule has 0 radical (unpaired) electrons. The van der Waals surface area contributed by atoms with E-state index in [-0.39, 0.29) is 5.78 Å². The number of ketones is 1. The Morgan fingerprint density at radius 1 is 1.12 bits per heavy atom. The van der Waals surface area contributed by atoms with E-state index in [0.29, 0.717) is 11.4 Å². The van der Waals surface area contributed by atoms with Gasteiger partial charge < -0.3 is 4.90 Å². The summed E-state index contributed by atoms with van der Waals surface area (Å²) in [5, 5.41) is 0.605. The maximum Gasteiger partial charge on any atom is 0.167 e. The maximum absolute atomic E-state index is 12.8. The van der Waals surface area contributed by atoms with E-state index < -0.39 is 0 Å². The van der Waals surface area contributed by atoms with Gasteiger partial charge in [0.2, 0.25) is 0 Å². The first kappa shape index (κ1) is 15.6. The molecule has 0 N–H and O–H groups in total. The third kappa shape index (κ3) is 2.68. The quantitative estimate of drug-likeness (QED) is 0.728. The summed E-state index contributed by atoms with van der Waals surface area (Å²) in [6.07, 6.45) is 4.23. The van der Waals surface area contributed by atoms with Crippen molar-refractivity contribution in [2.24, 2.45) is 0 Å². The molecule has 3 nitrogen and oxygen atoms in total. The molecule has 4 heteroatoms. The van der Waals surface area contributed by atoms with Gasteiger partial charge in [0.15, 0.2) is 5.78 Å². The van der Waals surface area contributed by atoms with Crippen LogP contribution in [-0.4, -0.2) is 35.8 Å². The second kappa shape index (κ2) is 6.15. The van der Waals surface area contributed by atoms with Crippen LogP contribution in [0.5, 0.6) is 0 Å². The molecule has 1 aromatic heterocycles. The minimum atomic E-state index is 0.116. The zero-order chi connectivity index (χ0) is 16.7. The number of hydrogen-bond donors (Lipinski definition) is 0. The number of carbonyl (C=O) groups excluding carboxylic acids is 1. The number of pyridine rings is 1. The molecule has 0 saturated carbocycles. The van der Waals surface area contributed by atoms with Crippen molar-refractivity contribution < 1.29 is 4.79 Å². The lowest BCUT2D eigenvalue weighted by Gasteiger charge is -2.27. The zero-order valence-electron chi connectivity index (χ0n) is 13.7. The number of halogens is 1. The molecule has 2 aromatic rings. The Morgan fingerprint density at radius 2 is 1.92 bits per heavy atom. The Morgan fingerprint density at radius 3 is 2.71 bits per heavy atom. The van der Waals surface area contributed by atoms with Gasteiger partial charge in [-0.1, -0.05) is 29.3 Å². The van der Waals surface area contributed by atoms with Gasteiger partial charge >= 0.3 is 0 Å². The zero-order valence-corrected chi connectivity index (χ0v) is 14.4. The molecule has 1 aliphatic carbocycles. The first-order chi connectivity index (χ1) is 11.6. The van der Waals surface area contributed by atoms with E-state index in [1.807, 2.05) is 30.5 Å². The van der Waals surface area contributed by atoms with E-state index in [4.69, 9.17) is 11.6 Å². The third-order valence-corrected chi connectivity index (χ3v) is 5.21. The van der Waals surface area contributed by atoms with E-state index in [2.05, 4.69) is 16.9 Å². The smallest absolute Gasteiger partial charge is 0.167 e. The van der Waals surface area contributed by atoms with Gasteiger partial charge in [-0.3, -0.25) is 9.78 Å². The Bertz CT molecular complexity index is 846. The number of piperidine rings is 1. The fourth-order valence-corrected chi connectivity index (χ4v) is 3.84. The largest absolute Gasteiger partial charge is 0.306 e. The summed E-state index contributed by atoms with van der Waals surface area (Å²) in [6, 6.07) is 9.59. The number of rotatable bonds is 0. The van der Waals surface area contributed by atoms with Crippen LogP contribution in [0.1, 0.15) is 40.0 Å². The van der Waals surface area contributed by atoms with Crippen LogP contribution < -0.4 is 0 Å². The van der Waals surface area contributed by atoms with Crippen molar-refractivity contribution in [2.75, 3.05) is 20.1 Å². The molecule has 4 rings (SSSR count). The highest BCUT2D eigenvalue weighted by Crippen LogP contribution is 2.38. The number of likely N-dealkylation sites (tertiary alicyclic amines) is 1. The summed E-state index contributed by atoms with van der Waals surface area (Å²) < 4.78 is 0. The summed E-state index contributed by atoms with van der Waals surface area (Å²) in [7, 11) is 2.15. The van der Waals surface area contributed by atoms with Crippen LogP contribution in [0.15, 0.2) is 42.1 Å². The van der Waals surface area contributed by atoms with Crippen LogP contribution in [-0.2, 0) is 6.42 Å². The third-order valence-electron chi connectivity index (χ3n) is 4.97. The highest BCUT2D eigenvalue weighted by atomic mass is 35.5. The number of fused-ring (bicyclic) bond motifs is 2. The van der Waals surface area contributed by atoms with Gasteiger partial charge in [-0.2, -0.15) is 0 Å². The Hall–Kier alpha value is -1.97. The maximum atomic E-state index is 12.8. The molecule has 2 aliphatic rings. The lowest BCUT2D eigenvalue weighted by atomic mass is 9.88. The normalized spacial score (nSPS) is 18.2. The highest BCUT2D eigenvalue weighted by molar-refractivity contribution is 6.31. The van der Waals surface area contributed by atoms with Crippen molar-refractivity contribution in [2.45, 2.75) is 19.3 Å². The minimum Gasteiger partial charge on any atom is -0.306 e. The summed E-state index contributed by atoms with van der Waals surface area (Å²) in [4.78, 5) is 19.8. The molecule has 0 spiro atoms. The van der Waals surface area contributed by atoms with Crippen molar-refractivity contribution in [3.8, 4) is 0 Å². The molecule has 1 fully saturated rings. The molecule has 0 unspecified atom stereocenters. The fourth-order valence-electron chi connectivity index (χ4n) is 3.66. The Kier molecular flexibility index (Phi) is 3.99. The number of carbonyl (C=O) groups is 1. The highest BCUT2D eigenvalue weighted by Gasteiger charge is 2.27. The standard InChI is InChI=1S/C20H19ClN2O/c1-23-9-6-13(7-10-23)19-16-5-4-15(21)12-17(16)18(24)11-14-3-2-8-22-20(14)19/h2-5,8,12H,6-7,9-11H2,1H3. The predicted molar refractivity (Wildman–Crippen MR) is 96.5 cm³/mol. The molecule has 122 valence electrons. The van der Waals surface area contributed by atoms with Gasteiger partial charge in [0.05, 0.1) is 5.69 Å². The second-order valence-corrected chi connectivity index (χ2v) is 7.02. The van der Waals surface area contributed by atoms with Gasteiger partial charge in [0, 0.05) is 41.9 Å². The predicted octanol–water partition coefficient (Wildman–Crippen LogP) is 4.00. The number of nitrogens with zero attached hydrogens (tertiary/aromatic N) is 2. The van der Waals surface area contributed by atoms with E-state index in [1.54, 1.807) is 6.07 Å². The van der Waals surface area contributed by atoms with Crippen LogP contribution in [0.3, 0.4) is 0 Å². The van der Waals surface area contributed by atoms with Crippen LogP contribution in [0, 0.1) is 0 Å². The number of hydrogen-bond acceptors (Lipinski definition) is 3. The van der Waals surface area contributed by atoms with Crippen LogP contribution >= 0.6 is 11.6 Å². The molecule has 0 atom stereocenters. The van der Waals surface area contributed by atoms with Gasteiger partial charge in [0.25, 0.3) is 0 Å². The first-order valence-electron chi connectivity index (χ1n) is 8.31. The lowest BCUT2D eigenvalue weighted by molar-refractivity contribution is 0.0993. The summed E-state index contributed by atoms with van der Waals surface area (Å²) in [5.41, 5.74) is 6.23. The first-order valence-corrected chi connectivity index (χ1v) is 8.69. The van der Waals surface area contributed by atoms with Crippen LogP contribution in [0.2, 0.25) is 5.02 Å². The summed E-state index contributed by atoms with van der Waals surface area (Å²) >= 11 is 6.17. The lowest BCUT2D eigenvalue weighted by Crippen LogP contribution is -2.27.